The lowest BCUT2D eigenvalue weighted by atomic mass is 9.80. The summed E-state index contributed by atoms with van der Waals surface area (Å²) in [4.78, 5) is 99.7. The van der Waals surface area contributed by atoms with Crippen LogP contribution in [0.25, 0.3) is 0 Å². The van der Waals surface area contributed by atoms with Crippen LogP contribution in [0.15, 0.2) is 36.8 Å². The largest absolute Gasteiger partial charge is 0.462 e. The number of hydrogen-bond donors (Lipinski definition) is 3. The molecule has 386 valence electrons. The summed E-state index contributed by atoms with van der Waals surface area (Å²) >= 11 is 0. The van der Waals surface area contributed by atoms with Crippen molar-refractivity contribution in [3.63, 3.8) is 0 Å². The fourth-order valence-electron chi connectivity index (χ4n) is 12.4. The van der Waals surface area contributed by atoms with E-state index in [-0.39, 0.29) is 37.3 Å². The molecule has 1 unspecified atom stereocenters. The van der Waals surface area contributed by atoms with E-state index >= 15 is 0 Å². The highest BCUT2D eigenvalue weighted by atomic mass is 16.5. The Labute approximate surface area is 421 Å². The highest BCUT2D eigenvalue weighted by Crippen LogP contribution is 2.35. The lowest BCUT2D eigenvalue weighted by Gasteiger charge is -2.43. The van der Waals surface area contributed by atoms with Gasteiger partial charge in [-0.05, 0) is 108 Å². The van der Waals surface area contributed by atoms with Crippen molar-refractivity contribution in [2.45, 2.75) is 102 Å². The Morgan fingerprint density at radius 1 is 0.764 bits per heavy atom. The molecule has 6 fully saturated rings. The number of amides is 5. The van der Waals surface area contributed by atoms with E-state index < -0.39 is 29.7 Å². The van der Waals surface area contributed by atoms with Crippen molar-refractivity contribution in [3.8, 4) is 0 Å². The number of ether oxygens (including phenoxy) is 1. The number of imide groups is 2. The van der Waals surface area contributed by atoms with Crippen molar-refractivity contribution >= 4 is 58.6 Å². The lowest BCUT2D eigenvalue weighted by molar-refractivity contribution is -0.138. The van der Waals surface area contributed by atoms with Gasteiger partial charge in [0, 0.05) is 128 Å². The van der Waals surface area contributed by atoms with E-state index in [1.54, 1.807) is 29.9 Å². The molecule has 2 saturated carbocycles. The van der Waals surface area contributed by atoms with Crippen LogP contribution in [0.3, 0.4) is 0 Å². The lowest BCUT2D eigenvalue weighted by Crippen LogP contribution is -2.54. The number of aryl methyl sites for hydroxylation is 1. The first-order chi connectivity index (χ1) is 35.0. The molecule has 0 spiro atoms. The van der Waals surface area contributed by atoms with Crippen LogP contribution in [0.4, 0.5) is 23.1 Å². The van der Waals surface area contributed by atoms with Crippen LogP contribution < -0.4 is 20.9 Å². The summed E-state index contributed by atoms with van der Waals surface area (Å²) in [5, 5.41) is 13.2. The van der Waals surface area contributed by atoms with Gasteiger partial charge >= 0.3 is 5.97 Å². The quantitative estimate of drug-likeness (QED) is 0.155. The van der Waals surface area contributed by atoms with Crippen LogP contribution in [0, 0.1) is 17.8 Å². The Morgan fingerprint density at radius 2 is 1.44 bits per heavy atom. The van der Waals surface area contributed by atoms with E-state index in [2.05, 4.69) is 55.5 Å². The van der Waals surface area contributed by atoms with Gasteiger partial charge in [-0.25, -0.2) is 9.78 Å². The van der Waals surface area contributed by atoms with E-state index in [1.807, 2.05) is 19.3 Å². The average molecular weight is 990 g/mol. The number of nitrogens with zero attached hydrogens (tertiary/aromatic N) is 10. The minimum absolute atomic E-state index is 0.0936. The van der Waals surface area contributed by atoms with Crippen molar-refractivity contribution in [2.24, 2.45) is 24.8 Å². The molecule has 7 aliphatic rings. The summed E-state index contributed by atoms with van der Waals surface area (Å²) in [6, 6.07) is 5.14. The van der Waals surface area contributed by atoms with Crippen molar-refractivity contribution in [3.05, 3.63) is 53.5 Å². The summed E-state index contributed by atoms with van der Waals surface area (Å²) in [7, 11) is 1.85. The van der Waals surface area contributed by atoms with E-state index in [4.69, 9.17) is 4.74 Å². The molecule has 4 saturated heterocycles. The topological polar surface area (TPSA) is 211 Å². The highest BCUT2D eigenvalue weighted by Gasteiger charge is 2.45. The van der Waals surface area contributed by atoms with Crippen molar-refractivity contribution in [1.29, 1.82) is 0 Å². The zero-order valence-corrected chi connectivity index (χ0v) is 41.9. The van der Waals surface area contributed by atoms with Gasteiger partial charge < -0.3 is 30.1 Å². The fraction of sp³-hybridized carbons (Fsp3) is 0.635. The molecule has 1 atom stereocenters. The molecule has 20 heteroatoms. The summed E-state index contributed by atoms with van der Waals surface area (Å²) in [6.45, 7) is 13.7. The van der Waals surface area contributed by atoms with Gasteiger partial charge in [-0.2, -0.15) is 10.1 Å². The van der Waals surface area contributed by atoms with Gasteiger partial charge in [0.1, 0.15) is 17.4 Å². The molecule has 2 aliphatic carbocycles. The summed E-state index contributed by atoms with van der Waals surface area (Å²) in [5.41, 5.74) is 2.60. The summed E-state index contributed by atoms with van der Waals surface area (Å²) in [6.07, 6.45) is 15.8. The minimum Gasteiger partial charge on any atom is -0.462 e. The predicted molar refractivity (Wildman–Crippen MR) is 269 cm³/mol. The first kappa shape index (κ1) is 49.6. The molecule has 72 heavy (non-hydrogen) atoms. The Morgan fingerprint density at radius 3 is 2.11 bits per heavy atom. The van der Waals surface area contributed by atoms with Gasteiger partial charge in [-0.1, -0.05) is 0 Å². The van der Waals surface area contributed by atoms with Gasteiger partial charge in [0.15, 0.2) is 0 Å². The van der Waals surface area contributed by atoms with Gasteiger partial charge in [0.2, 0.25) is 23.7 Å². The normalized spacial score (nSPS) is 26.1. The predicted octanol–water partition coefficient (Wildman–Crippen LogP) is 3.74. The Bertz CT molecular complexity index is 2480. The number of hydrogen-bond acceptors (Lipinski definition) is 16. The average Bonchev–Trinajstić information content (AvgIpc) is 3.92. The monoisotopic (exact) mass is 990 g/mol. The number of anilines is 4. The minimum atomic E-state index is -0.972. The zero-order valence-electron chi connectivity index (χ0n) is 41.9. The maximum atomic E-state index is 13.8. The number of piperazine rings is 2. The van der Waals surface area contributed by atoms with Gasteiger partial charge in [0.05, 0.1) is 29.6 Å². The fourth-order valence-corrected chi connectivity index (χ4v) is 12.4. The second kappa shape index (κ2) is 22.0. The maximum Gasteiger partial charge on any atom is 0.343 e. The molecule has 0 radical (unpaired) electrons. The van der Waals surface area contributed by atoms with Gasteiger partial charge in [0.25, 0.3) is 11.8 Å². The number of rotatable bonds is 14. The third-order valence-corrected chi connectivity index (χ3v) is 16.5. The molecule has 7 heterocycles. The number of esters is 1. The molecule has 3 N–H and O–H groups in total. The van der Waals surface area contributed by atoms with Crippen LogP contribution in [0.2, 0.25) is 0 Å². The molecule has 5 amide bonds. The van der Waals surface area contributed by atoms with E-state index in [9.17, 15) is 28.8 Å². The molecule has 10 rings (SSSR count). The second-order valence-corrected chi connectivity index (χ2v) is 21.1. The number of benzene rings is 1. The Balaban J connectivity index is 0.603. The van der Waals surface area contributed by atoms with Crippen molar-refractivity contribution in [1.82, 2.24) is 49.6 Å². The van der Waals surface area contributed by atoms with Crippen molar-refractivity contribution < 1.29 is 33.5 Å². The molecular formula is C52H71N13O7. The van der Waals surface area contributed by atoms with Crippen molar-refractivity contribution in [2.75, 3.05) is 101 Å². The van der Waals surface area contributed by atoms with E-state index in [0.29, 0.717) is 52.2 Å². The molecule has 0 bridgehead atoms. The molecule has 2 aromatic heterocycles. The highest BCUT2D eigenvalue weighted by molar-refractivity contribution is 6.23. The van der Waals surface area contributed by atoms with Gasteiger partial charge in [-0.3, -0.25) is 48.7 Å². The Kier molecular flexibility index (Phi) is 15.2. The number of fused-ring (bicyclic) bond motifs is 1. The molecule has 1 aromatic carbocycles. The number of carbonyl (C=O) groups excluding carboxylic acids is 6. The summed E-state index contributed by atoms with van der Waals surface area (Å²) in [5.74, 6) is 0.225. The number of likely N-dealkylation sites (tertiary alicyclic amines) is 1. The zero-order chi connectivity index (χ0) is 49.9. The first-order valence-electron chi connectivity index (χ1n) is 26.6. The van der Waals surface area contributed by atoms with Crippen LogP contribution in [-0.4, -0.2) is 183 Å². The third kappa shape index (κ3) is 11.1. The van der Waals surface area contributed by atoms with Gasteiger partial charge in [-0.15, -0.1) is 0 Å². The molecule has 5 aliphatic heterocycles. The SMILES string of the molecule is CCOC(=O)c1cnc(Nc2cnn(C)c2)nc1NC1CCC(N2CCN(CC3CCC(C(=O)N4CCC(CN5CCN(c6ccc7c(c6)C(=O)N(C6CCC(=O)NC6=O)C7=O)CC5)CC4)CC3)CC2)CC1. The molecule has 3 aromatic rings. The number of nitrogens with one attached hydrogen (secondary N) is 3. The number of carbonyl (C=O) groups is 6. The first-order valence-corrected chi connectivity index (χ1v) is 26.6. The molecule has 20 nitrogen and oxygen atoms in total. The number of piperidine rings is 2. The summed E-state index contributed by atoms with van der Waals surface area (Å²) < 4.78 is 7.02. The second-order valence-electron chi connectivity index (χ2n) is 21.1. The van der Waals surface area contributed by atoms with Crippen LogP contribution in [0.1, 0.15) is 115 Å². The van der Waals surface area contributed by atoms with Crippen LogP contribution in [-0.2, 0) is 26.2 Å². The third-order valence-electron chi connectivity index (χ3n) is 16.5. The van der Waals surface area contributed by atoms with E-state index in [0.717, 1.165) is 159 Å². The van der Waals surface area contributed by atoms with Crippen LogP contribution in [0.5, 0.6) is 0 Å². The molecular weight excluding hydrogens is 919 g/mol. The standard InChI is InChI=1S/C52H71N13O7/c1-3-72-51(71)43-30-53-52(56-38-29-54-59(2)33-38)58-46(43)55-37-8-10-39(11-9-37)62-24-20-60(21-25-62)31-34-4-6-36(7-5-34)48(68)64-18-16-35(17-19-64)32-61-22-26-63(27-23-61)40-12-13-41-42(28-40)50(70)65(49(41)69)44-14-15-45(66)57-47(44)67/h12-13,28-30,33-37,39,44H,3-11,14-27,31-32H2,1-2H3,(H,57,66,67)(H2,53,55,56,58). The smallest absolute Gasteiger partial charge is 0.343 e. The van der Waals surface area contributed by atoms with E-state index in [1.165, 1.54) is 6.20 Å². The number of aromatic nitrogens is 4. The Hall–Kier alpha value is -5.99. The van der Waals surface area contributed by atoms with Crippen LogP contribution >= 0.6 is 0 Å². The maximum absolute atomic E-state index is 13.8.